The van der Waals surface area contributed by atoms with E-state index >= 15 is 0 Å². The number of ether oxygens (including phenoxy) is 1. The number of carbonyl (C=O) groups excluding carboxylic acids is 1. The highest BCUT2D eigenvalue weighted by Crippen LogP contribution is 2.31. The summed E-state index contributed by atoms with van der Waals surface area (Å²) in [5, 5.41) is 8.18. The largest absolute Gasteiger partial charge is 0.372 e. The van der Waals surface area contributed by atoms with Crippen LogP contribution in [0.5, 0.6) is 0 Å². The maximum atomic E-state index is 11.3. The highest BCUT2D eigenvalue weighted by atomic mass is 16.5. The number of rotatable bonds is 4. The Bertz CT molecular complexity index is 683. The third-order valence-corrected chi connectivity index (χ3v) is 4.64. The second-order valence-electron chi connectivity index (χ2n) is 6.10. The standard InChI is InChI=1S/C17H20N4O2/c22-12-15-17(16-4-3-11-23-16)21(19-18-15)14-7-5-13(6-8-14)20-9-1-2-10-20/h5-8,12,16H,1-4,9-11H2. The second-order valence-corrected chi connectivity index (χ2v) is 6.10. The fourth-order valence-corrected chi connectivity index (χ4v) is 3.45. The van der Waals surface area contributed by atoms with Crippen molar-refractivity contribution in [2.24, 2.45) is 0 Å². The summed E-state index contributed by atoms with van der Waals surface area (Å²) in [6.07, 6.45) is 5.10. The molecule has 6 heteroatoms. The van der Waals surface area contributed by atoms with Gasteiger partial charge in [0.1, 0.15) is 11.8 Å². The van der Waals surface area contributed by atoms with Gasteiger partial charge in [0, 0.05) is 25.4 Å². The molecule has 2 fully saturated rings. The third-order valence-electron chi connectivity index (χ3n) is 4.64. The van der Waals surface area contributed by atoms with Gasteiger partial charge in [-0.2, -0.15) is 0 Å². The first-order valence-electron chi connectivity index (χ1n) is 8.24. The Kier molecular flexibility index (Phi) is 3.83. The van der Waals surface area contributed by atoms with Crippen LogP contribution in [0.3, 0.4) is 0 Å². The van der Waals surface area contributed by atoms with Gasteiger partial charge in [-0.05, 0) is 49.9 Å². The number of nitrogens with zero attached hydrogens (tertiary/aromatic N) is 4. The second kappa shape index (κ2) is 6.12. The first-order chi connectivity index (χ1) is 11.4. The van der Waals surface area contributed by atoms with Crippen molar-refractivity contribution >= 4 is 12.0 Å². The van der Waals surface area contributed by atoms with Crippen LogP contribution in [0.2, 0.25) is 0 Å². The zero-order valence-electron chi connectivity index (χ0n) is 13.0. The van der Waals surface area contributed by atoms with Crippen molar-refractivity contribution in [3.8, 4) is 5.69 Å². The monoisotopic (exact) mass is 312 g/mol. The van der Waals surface area contributed by atoms with E-state index in [2.05, 4.69) is 27.3 Å². The number of aromatic nitrogens is 3. The van der Waals surface area contributed by atoms with Crippen LogP contribution in [0.1, 0.15) is 48.0 Å². The van der Waals surface area contributed by atoms with Crippen molar-refractivity contribution in [2.45, 2.75) is 31.8 Å². The minimum Gasteiger partial charge on any atom is -0.372 e. The highest BCUT2D eigenvalue weighted by molar-refractivity contribution is 5.74. The predicted octanol–water partition coefficient (Wildman–Crippen LogP) is 2.53. The van der Waals surface area contributed by atoms with Gasteiger partial charge in [0.05, 0.1) is 5.69 Å². The molecule has 1 aromatic heterocycles. The number of anilines is 1. The van der Waals surface area contributed by atoms with Crippen LogP contribution in [-0.4, -0.2) is 41.0 Å². The van der Waals surface area contributed by atoms with Crippen molar-refractivity contribution in [3.05, 3.63) is 35.7 Å². The van der Waals surface area contributed by atoms with Gasteiger partial charge in [-0.15, -0.1) is 5.10 Å². The van der Waals surface area contributed by atoms with Crippen molar-refractivity contribution < 1.29 is 9.53 Å². The summed E-state index contributed by atoms with van der Waals surface area (Å²) in [6, 6.07) is 8.30. The first-order valence-corrected chi connectivity index (χ1v) is 8.24. The molecule has 1 atom stereocenters. The smallest absolute Gasteiger partial charge is 0.172 e. The zero-order valence-corrected chi connectivity index (χ0v) is 13.0. The van der Waals surface area contributed by atoms with Crippen LogP contribution in [0.4, 0.5) is 5.69 Å². The van der Waals surface area contributed by atoms with Gasteiger partial charge in [-0.25, -0.2) is 4.68 Å². The van der Waals surface area contributed by atoms with E-state index in [-0.39, 0.29) is 6.10 Å². The van der Waals surface area contributed by atoms with Crippen LogP contribution in [0.25, 0.3) is 5.69 Å². The van der Waals surface area contributed by atoms with Crippen molar-refractivity contribution in [2.75, 3.05) is 24.6 Å². The van der Waals surface area contributed by atoms with Crippen LogP contribution in [-0.2, 0) is 4.74 Å². The Balaban J connectivity index is 1.67. The van der Waals surface area contributed by atoms with E-state index in [0.717, 1.165) is 50.2 Å². The Morgan fingerprint density at radius 1 is 1.09 bits per heavy atom. The Morgan fingerprint density at radius 2 is 1.83 bits per heavy atom. The molecule has 23 heavy (non-hydrogen) atoms. The molecule has 0 amide bonds. The summed E-state index contributed by atoms with van der Waals surface area (Å²) in [4.78, 5) is 13.7. The minimum absolute atomic E-state index is 0.0940. The molecule has 6 nitrogen and oxygen atoms in total. The fourth-order valence-electron chi connectivity index (χ4n) is 3.45. The lowest BCUT2D eigenvalue weighted by Gasteiger charge is -2.18. The SMILES string of the molecule is O=Cc1nnn(-c2ccc(N3CCCC3)cc2)c1C1CCCO1. The van der Waals surface area contributed by atoms with Gasteiger partial charge < -0.3 is 9.64 Å². The fraction of sp³-hybridized carbons (Fsp3) is 0.471. The lowest BCUT2D eigenvalue weighted by molar-refractivity contribution is 0.102. The summed E-state index contributed by atoms with van der Waals surface area (Å²) in [5.41, 5.74) is 3.30. The van der Waals surface area contributed by atoms with E-state index in [1.165, 1.54) is 18.5 Å². The van der Waals surface area contributed by atoms with Crippen LogP contribution in [0, 0.1) is 0 Å². The van der Waals surface area contributed by atoms with Gasteiger partial charge in [0.25, 0.3) is 0 Å². The Hall–Kier alpha value is -2.21. The lowest BCUT2D eigenvalue weighted by atomic mass is 10.1. The van der Waals surface area contributed by atoms with E-state index in [0.29, 0.717) is 5.69 Å². The molecule has 4 rings (SSSR count). The molecule has 1 unspecified atom stereocenters. The number of benzene rings is 1. The maximum absolute atomic E-state index is 11.3. The summed E-state index contributed by atoms with van der Waals surface area (Å²) in [5.74, 6) is 0. The van der Waals surface area contributed by atoms with Crippen molar-refractivity contribution in [1.29, 1.82) is 0 Å². The topological polar surface area (TPSA) is 60.2 Å². The molecule has 2 aromatic rings. The number of hydrogen-bond donors (Lipinski definition) is 0. The molecule has 0 spiro atoms. The molecular weight excluding hydrogens is 292 g/mol. The molecule has 0 saturated carbocycles. The molecule has 1 aromatic carbocycles. The van der Waals surface area contributed by atoms with Gasteiger partial charge in [-0.1, -0.05) is 5.21 Å². The van der Waals surface area contributed by atoms with E-state index in [1.807, 2.05) is 12.1 Å². The molecule has 0 radical (unpaired) electrons. The molecule has 2 aliphatic rings. The number of aldehydes is 1. The number of hydrogen-bond acceptors (Lipinski definition) is 5. The summed E-state index contributed by atoms with van der Waals surface area (Å²) >= 11 is 0. The van der Waals surface area contributed by atoms with Gasteiger partial charge in [0.2, 0.25) is 0 Å². The molecule has 0 bridgehead atoms. The van der Waals surface area contributed by atoms with Crippen LogP contribution in [0.15, 0.2) is 24.3 Å². The zero-order chi connectivity index (χ0) is 15.6. The van der Waals surface area contributed by atoms with E-state index in [4.69, 9.17) is 4.74 Å². The summed E-state index contributed by atoms with van der Waals surface area (Å²) in [6.45, 7) is 2.97. The lowest BCUT2D eigenvalue weighted by Crippen LogP contribution is -2.17. The predicted molar refractivity (Wildman–Crippen MR) is 86.1 cm³/mol. The quantitative estimate of drug-likeness (QED) is 0.812. The van der Waals surface area contributed by atoms with Crippen LogP contribution < -0.4 is 4.90 Å². The van der Waals surface area contributed by atoms with Crippen LogP contribution >= 0.6 is 0 Å². The molecule has 120 valence electrons. The Labute approximate surface area is 135 Å². The summed E-state index contributed by atoms with van der Waals surface area (Å²) < 4.78 is 7.48. The third kappa shape index (κ3) is 2.63. The summed E-state index contributed by atoms with van der Waals surface area (Å²) in [7, 11) is 0. The van der Waals surface area contributed by atoms with E-state index in [1.54, 1.807) is 4.68 Å². The molecule has 3 heterocycles. The molecule has 2 aliphatic heterocycles. The van der Waals surface area contributed by atoms with Crippen molar-refractivity contribution in [1.82, 2.24) is 15.0 Å². The van der Waals surface area contributed by atoms with E-state index < -0.39 is 0 Å². The minimum atomic E-state index is -0.0940. The molecule has 0 N–H and O–H groups in total. The average Bonchev–Trinajstić information content (AvgIpc) is 3.34. The number of carbonyl (C=O) groups is 1. The molecule has 2 saturated heterocycles. The molecular formula is C17H20N4O2. The normalized spacial score (nSPS) is 21.0. The van der Waals surface area contributed by atoms with Gasteiger partial charge in [-0.3, -0.25) is 4.79 Å². The van der Waals surface area contributed by atoms with Crippen molar-refractivity contribution in [3.63, 3.8) is 0 Å². The first kappa shape index (κ1) is 14.4. The van der Waals surface area contributed by atoms with E-state index in [9.17, 15) is 4.79 Å². The highest BCUT2D eigenvalue weighted by Gasteiger charge is 2.27. The van der Waals surface area contributed by atoms with Gasteiger partial charge >= 0.3 is 0 Å². The Morgan fingerprint density at radius 3 is 2.48 bits per heavy atom. The average molecular weight is 312 g/mol. The maximum Gasteiger partial charge on any atom is 0.172 e. The molecule has 0 aliphatic carbocycles. The van der Waals surface area contributed by atoms with Gasteiger partial charge in [0.15, 0.2) is 12.0 Å².